The Morgan fingerprint density at radius 3 is 2.55 bits per heavy atom. The fourth-order valence-corrected chi connectivity index (χ4v) is 2.24. The highest BCUT2D eigenvalue weighted by Gasteiger charge is 2.28. The standard InChI is InChI=1S/C16H21FN4O/c1-16(2,3)14(15(18)22)19-8-11-9-20-21(10-11)13-6-4-12(17)5-7-13/h4-7,9-10,14,19H,8H2,1-3H3,(H2,18,22)/t14-/m1/s1. The Morgan fingerprint density at radius 1 is 1.36 bits per heavy atom. The van der Waals surface area contributed by atoms with Crippen LogP contribution in [-0.4, -0.2) is 21.7 Å². The zero-order valence-electron chi connectivity index (χ0n) is 13.0. The average Bonchev–Trinajstić information content (AvgIpc) is 2.86. The smallest absolute Gasteiger partial charge is 0.235 e. The number of nitrogens with zero attached hydrogens (tertiary/aromatic N) is 2. The van der Waals surface area contributed by atoms with E-state index in [9.17, 15) is 9.18 Å². The summed E-state index contributed by atoms with van der Waals surface area (Å²) >= 11 is 0. The maximum atomic E-state index is 12.9. The summed E-state index contributed by atoms with van der Waals surface area (Å²) in [6.45, 7) is 6.35. The van der Waals surface area contributed by atoms with Crippen LogP contribution in [0.1, 0.15) is 26.3 Å². The average molecular weight is 304 g/mol. The van der Waals surface area contributed by atoms with E-state index < -0.39 is 6.04 Å². The molecule has 1 amide bonds. The van der Waals surface area contributed by atoms with Crippen LogP contribution in [0.2, 0.25) is 0 Å². The van der Waals surface area contributed by atoms with Gasteiger partial charge in [0, 0.05) is 18.3 Å². The Morgan fingerprint density at radius 2 is 2.00 bits per heavy atom. The molecule has 0 saturated heterocycles. The number of carbonyl (C=O) groups is 1. The predicted octanol–water partition coefficient (Wildman–Crippen LogP) is 2.00. The van der Waals surface area contributed by atoms with Crippen molar-refractivity contribution < 1.29 is 9.18 Å². The lowest BCUT2D eigenvalue weighted by molar-refractivity contribution is -0.122. The number of primary amides is 1. The zero-order chi connectivity index (χ0) is 16.3. The number of rotatable bonds is 5. The molecule has 0 aliphatic carbocycles. The van der Waals surface area contributed by atoms with Crippen molar-refractivity contribution in [1.82, 2.24) is 15.1 Å². The van der Waals surface area contributed by atoms with E-state index in [-0.39, 0.29) is 17.1 Å². The lowest BCUT2D eigenvalue weighted by Gasteiger charge is -2.28. The minimum absolute atomic E-state index is 0.265. The van der Waals surface area contributed by atoms with Gasteiger partial charge in [-0.3, -0.25) is 4.79 Å². The van der Waals surface area contributed by atoms with E-state index in [1.165, 1.54) is 12.1 Å². The van der Waals surface area contributed by atoms with Crippen LogP contribution in [-0.2, 0) is 11.3 Å². The lowest BCUT2D eigenvalue weighted by atomic mass is 9.86. The molecule has 0 unspecified atom stereocenters. The van der Waals surface area contributed by atoms with Crippen LogP contribution in [0, 0.1) is 11.2 Å². The summed E-state index contributed by atoms with van der Waals surface area (Å²) < 4.78 is 14.6. The molecular weight excluding hydrogens is 283 g/mol. The summed E-state index contributed by atoms with van der Waals surface area (Å²) in [5, 5.41) is 7.40. The van der Waals surface area contributed by atoms with Crippen molar-refractivity contribution in [3.05, 3.63) is 48.0 Å². The predicted molar refractivity (Wildman–Crippen MR) is 82.8 cm³/mol. The van der Waals surface area contributed by atoms with Crippen molar-refractivity contribution in [3.63, 3.8) is 0 Å². The monoisotopic (exact) mass is 304 g/mol. The Bertz CT molecular complexity index is 643. The van der Waals surface area contributed by atoms with E-state index in [1.807, 2.05) is 27.0 Å². The van der Waals surface area contributed by atoms with Gasteiger partial charge in [0.05, 0.1) is 17.9 Å². The molecule has 3 N–H and O–H groups in total. The number of amides is 1. The molecule has 0 spiro atoms. The van der Waals surface area contributed by atoms with Crippen LogP contribution in [0.15, 0.2) is 36.7 Å². The van der Waals surface area contributed by atoms with E-state index in [1.54, 1.807) is 23.0 Å². The molecular formula is C16H21FN4O. The van der Waals surface area contributed by atoms with E-state index in [0.717, 1.165) is 11.3 Å². The summed E-state index contributed by atoms with van der Waals surface area (Å²) in [6.07, 6.45) is 3.54. The second-order valence-corrected chi connectivity index (χ2v) is 6.35. The second kappa shape index (κ2) is 6.27. The fourth-order valence-electron chi connectivity index (χ4n) is 2.24. The number of carbonyl (C=O) groups excluding carboxylic acids is 1. The number of hydrogen-bond acceptors (Lipinski definition) is 3. The molecule has 0 fully saturated rings. The van der Waals surface area contributed by atoms with Gasteiger partial charge in [0.1, 0.15) is 5.82 Å². The van der Waals surface area contributed by atoms with Gasteiger partial charge in [0.15, 0.2) is 0 Å². The highest BCUT2D eigenvalue weighted by Crippen LogP contribution is 2.19. The molecule has 22 heavy (non-hydrogen) atoms. The van der Waals surface area contributed by atoms with Crippen LogP contribution in [0.25, 0.3) is 5.69 Å². The summed E-state index contributed by atoms with van der Waals surface area (Å²) in [7, 11) is 0. The molecule has 118 valence electrons. The molecule has 2 rings (SSSR count). The summed E-state index contributed by atoms with van der Waals surface area (Å²) in [6, 6.07) is 5.65. The maximum Gasteiger partial charge on any atom is 0.235 e. The molecule has 5 nitrogen and oxygen atoms in total. The molecule has 1 aromatic carbocycles. The quantitative estimate of drug-likeness (QED) is 0.887. The molecule has 0 radical (unpaired) electrons. The van der Waals surface area contributed by atoms with Crippen molar-refractivity contribution in [1.29, 1.82) is 0 Å². The molecule has 0 bridgehead atoms. The third-order valence-electron chi connectivity index (χ3n) is 3.39. The number of aromatic nitrogens is 2. The number of hydrogen-bond donors (Lipinski definition) is 2. The van der Waals surface area contributed by atoms with Crippen molar-refractivity contribution >= 4 is 5.91 Å². The molecule has 0 aliphatic heterocycles. The molecule has 0 saturated carbocycles. The number of benzene rings is 1. The minimum Gasteiger partial charge on any atom is -0.368 e. The number of halogens is 1. The topological polar surface area (TPSA) is 72.9 Å². The van der Waals surface area contributed by atoms with Gasteiger partial charge in [0.2, 0.25) is 5.91 Å². The maximum absolute atomic E-state index is 12.9. The number of nitrogens with two attached hydrogens (primary N) is 1. The van der Waals surface area contributed by atoms with E-state index in [4.69, 9.17) is 5.73 Å². The van der Waals surface area contributed by atoms with Gasteiger partial charge < -0.3 is 11.1 Å². The highest BCUT2D eigenvalue weighted by atomic mass is 19.1. The summed E-state index contributed by atoms with van der Waals surface area (Å²) in [4.78, 5) is 11.5. The third kappa shape index (κ3) is 3.92. The SMILES string of the molecule is CC(C)(C)[C@H](NCc1cnn(-c2ccc(F)cc2)c1)C(N)=O. The van der Waals surface area contributed by atoms with Crippen LogP contribution in [0.3, 0.4) is 0 Å². The normalized spacial score (nSPS) is 13.1. The zero-order valence-corrected chi connectivity index (χ0v) is 13.0. The molecule has 2 aromatic rings. The van der Waals surface area contributed by atoms with Crippen molar-refractivity contribution in [2.24, 2.45) is 11.1 Å². The van der Waals surface area contributed by atoms with Crippen molar-refractivity contribution in [2.45, 2.75) is 33.4 Å². The number of nitrogens with one attached hydrogen (secondary N) is 1. The van der Waals surface area contributed by atoms with Gasteiger partial charge in [-0.1, -0.05) is 20.8 Å². The summed E-state index contributed by atoms with van der Waals surface area (Å²) in [5.41, 5.74) is 6.86. The van der Waals surface area contributed by atoms with Crippen LogP contribution in [0.5, 0.6) is 0 Å². The van der Waals surface area contributed by atoms with Gasteiger partial charge in [0.25, 0.3) is 0 Å². The Hall–Kier alpha value is -2.21. The molecule has 1 heterocycles. The Kier molecular flexibility index (Phi) is 4.61. The first-order valence-electron chi connectivity index (χ1n) is 7.09. The van der Waals surface area contributed by atoms with Gasteiger partial charge >= 0.3 is 0 Å². The van der Waals surface area contributed by atoms with Crippen molar-refractivity contribution in [3.8, 4) is 5.69 Å². The molecule has 0 aliphatic rings. The fraction of sp³-hybridized carbons (Fsp3) is 0.375. The summed E-state index contributed by atoms with van der Waals surface area (Å²) in [5.74, 6) is -0.661. The van der Waals surface area contributed by atoms with E-state index >= 15 is 0 Å². The van der Waals surface area contributed by atoms with Crippen LogP contribution >= 0.6 is 0 Å². The van der Waals surface area contributed by atoms with E-state index in [0.29, 0.717) is 6.54 Å². The largest absolute Gasteiger partial charge is 0.368 e. The first-order chi connectivity index (χ1) is 10.3. The van der Waals surface area contributed by atoms with Gasteiger partial charge in [-0.2, -0.15) is 5.10 Å². The molecule has 6 heteroatoms. The highest BCUT2D eigenvalue weighted by molar-refractivity contribution is 5.80. The first kappa shape index (κ1) is 16.2. The molecule has 1 aromatic heterocycles. The van der Waals surface area contributed by atoms with Gasteiger partial charge in [-0.15, -0.1) is 0 Å². The van der Waals surface area contributed by atoms with E-state index in [2.05, 4.69) is 10.4 Å². The minimum atomic E-state index is -0.429. The van der Waals surface area contributed by atoms with Crippen LogP contribution in [0.4, 0.5) is 4.39 Å². The van der Waals surface area contributed by atoms with Crippen molar-refractivity contribution in [2.75, 3.05) is 0 Å². The molecule has 1 atom stereocenters. The third-order valence-corrected chi connectivity index (χ3v) is 3.39. The Labute approximate surface area is 129 Å². The van der Waals surface area contributed by atoms with Gasteiger partial charge in [-0.25, -0.2) is 9.07 Å². The van der Waals surface area contributed by atoms with Crippen LogP contribution < -0.4 is 11.1 Å². The second-order valence-electron chi connectivity index (χ2n) is 6.35. The van der Waals surface area contributed by atoms with Gasteiger partial charge in [-0.05, 0) is 29.7 Å². The Balaban J connectivity index is 2.06. The lowest BCUT2D eigenvalue weighted by Crippen LogP contribution is -2.49. The first-order valence-corrected chi connectivity index (χ1v) is 7.09.